The predicted octanol–water partition coefficient (Wildman–Crippen LogP) is 1.64. The van der Waals surface area contributed by atoms with E-state index in [2.05, 4.69) is 6.92 Å². The van der Waals surface area contributed by atoms with Crippen LogP contribution in [0.5, 0.6) is 0 Å². The Hall–Kier alpha value is 0.0300. The summed E-state index contributed by atoms with van der Waals surface area (Å²) >= 11 is 0. The van der Waals surface area contributed by atoms with Gasteiger partial charge in [0.15, 0.2) is 21.0 Å². The molecule has 2 heterocycles. The Morgan fingerprint density at radius 3 is 2.31 bits per heavy atom. The zero-order valence-corrected chi connectivity index (χ0v) is 21.9. The molecule has 0 amide bonds. The molecule has 0 spiro atoms. The van der Waals surface area contributed by atoms with Gasteiger partial charge in [-0.3, -0.25) is 0 Å². The van der Waals surface area contributed by atoms with Crippen LogP contribution in [0.3, 0.4) is 0 Å². The summed E-state index contributed by atoms with van der Waals surface area (Å²) in [5, 5.41) is 32.3. The highest BCUT2D eigenvalue weighted by Gasteiger charge is 2.51. The molecule has 3 fully saturated rings. The summed E-state index contributed by atoms with van der Waals surface area (Å²) in [4.78, 5) is 18.6. The number of hydrogen-bond donors (Lipinski definition) is 5. The first-order chi connectivity index (χ1) is 16.8. The number of methoxy groups -OCH3 is 1. The predicted molar refractivity (Wildman–Crippen MR) is 128 cm³/mol. The van der Waals surface area contributed by atoms with Crippen molar-refractivity contribution in [2.45, 2.75) is 114 Å². The molecule has 0 aromatic heterocycles. The molecule has 206 valence electrons. The van der Waals surface area contributed by atoms with Crippen LogP contribution in [0.1, 0.15) is 64.7 Å². The average Bonchev–Trinajstić information content (AvgIpc) is 2.79. The number of hydrogen-bond acceptors (Lipinski definition) is 10. The lowest BCUT2D eigenvalue weighted by atomic mass is 9.70. The fourth-order valence-electron chi connectivity index (χ4n) is 5.21. The summed E-state index contributed by atoms with van der Waals surface area (Å²) in [6.45, 7) is 3.05. The van der Waals surface area contributed by atoms with Gasteiger partial charge in [0.25, 0.3) is 0 Å². The summed E-state index contributed by atoms with van der Waals surface area (Å²) in [5.41, 5.74) is 0. The number of unbranched alkanes of at least 4 members (excludes halogenated alkanes) is 3. The smallest absolute Gasteiger partial charge is 0.184 e. The first kappa shape index (κ1) is 29.6. The third kappa shape index (κ3) is 8.26. The number of ether oxygens (including phenoxy) is 5. The molecular weight excluding hydrogens is 479 g/mol. The van der Waals surface area contributed by atoms with Crippen molar-refractivity contribution in [2.24, 2.45) is 11.8 Å². The molecule has 0 aromatic rings. The van der Waals surface area contributed by atoms with E-state index in [0.29, 0.717) is 6.61 Å². The van der Waals surface area contributed by atoms with Gasteiger partial charge in [-0.2, -0.15) is 0 Å². The van der Waals surface area contributed by atoms with Gasteiger partial charge in [-0.25, -0.2) is 0 Å². The summed E-state index contributed by atoms with van der Waals surface area (Å²) < 4.78 is 29.6. The summed E-state index contributed by atoms with van der Waals surface area (Å²) in [7, 11) is -0.622. The van der Waals surface area contributed by atoms with Gasteiger partial charge in [0.1, 0.15) is 18.3 Å². The van der Waals surface area contributed by atoms with E-state index in [4.69, 9.17) is 23.7 Å². The number of aliphatic hydroxyl groups excluding tert-OH is 3. The van der Waals surface area contributed by atoms with Crippen molar-refractivity contribution in [3.63, 3.8) is 0 Å². The molecule has 10 nitrogen and oxygen atoms in total. The van der Waals surface area contributed by atoms with Crippen molar-refractivity contribution in [3.8, 4) is 0 Å². The van der Waals surface area contributed by atoms with Crippen LogP contribution in [0, 0.1) is 11.8 Å². The largest absolute Gasteiger partial charge is 0.390 e. The van der Waals surface area contributed by atoms with Gasteiger partial charge in [0.2, 0.25) is 0 Å². The molecule has 35 heavy (non-hydrogen) atoms. The first-order valence-electron chi connectivity index (χ1n) is 13.1. The van der Waals surface area contributed by atoms with E-state index in [1.165, 1.54) is 13.5 Å². The number of rotatable bonds is 14. The molecule has 9 atom stereocenters. The van der Waals surface area contributed by atoms with Crippen LogP contribution in [0.2, 0.25) is 0 Å². The topological polar surface area (TPSA) is 147 Å². The molecular formula is C24H45O10P. The maximum Gasteiger partial charge on any atom is 0.184 e. The minimum Gasteiger partial charge on any atom is -0.390 e. The Morgan fingerprint density at radius 1 is 0.943 bits per heavy atom. The molecule has 0 radical (unpaired) electrons. The van der Waals surface area contributed by atoms with Crippen molar-refractivity contribution in [3.05, 3.63) is 0 Å². The fourth-order valence-corrected chi connectivity index (χ4v) is 5.70. The Balaban J connectivity index is 1.59. The van der Waals surface area contributed by atoms with Crippen LogP contribution in [0.25, 0.3) is 0 Å². The van der Waals surface area contributed by atoms with Crippen molar-refractivity contribution in [1.82, 2.24) is 0 Å². The quantitative estimate of drug-likeness (QED) is 0.168. The lowest BCUT2D eigenvalue weighted by Crippen LogP contribution is -2.60. The van der Waals surface area contributed by atoms with Crippen LogP contribution in [0.15, 0.2) is 0 Å². The monoisotopic (exact) mass is 524 g/mol. The molecule has 3 aliphatic rings. The zero-order chi connectivity index (χ0) is 25.4. The minimum atomic E-state index is -2.13. The molecule has 0 aromatic carbocycles. The Bertz CT molecular complexity index is 595. The van der Waals surface area contributed by atoms with Crippen molar-refractivity contribution in [2.75, 3.05) is 26.5 Å². The maximum absolute atomic E-state index is 10.9. The molecule has 0 bridgehead atoms. The van der Waals surface area contributed by atoms with Crippen LogP contribution in [-0.2, 0) is 23.7 Å². The van der Waals surface area contributed by atoms with Gasteiger partial charge >= 0.3 is 0 Å². The van der Waals surface area contributed by atoms with Crippen molar-refractivity contribution >= 4 is 8.38 Å². The third-order valence-electron chi connectivity index (χ3n) is 7.54. The Kier molecular flexibility index (Phi) is 12.5. The Morgan fingerprint density at radius 2 is 1.69 bits per heavy atom. The SMILES string of the molecule is CCCCCCOC[C@H]1OC(OC)[C@@H](O[C@H]2OC(CCP(O)O)[C@@H](O)C(O)C2C2CCC2)CC1O. The van der Waals surface area contributed by atoms with E-state index in [0.717, 1.165) is 38.5 Å². The average molecular weight is 525 g/mol. The van der Waals surface area contributed by atoms with Crippen molar-refractivity contribution < 1.29 is 48.8 Å². The van der Waals surface area contributed by atoms with E-state index >= 15 is 0 Å². The highest BCUT2D eigenvalue weighted by atomic mass is 31.2. The van der Waals surface area contributed by atoms with Crippen LogP contribution >= 0.6 is 8.38 Å². The van der Waals surface area contributed by atoms with Gasteiger partial charge in [-0.15, -0.1) is 0 Å². The Labute approximate surface area is 209 Å². The summed E-state index contributed by atoms with van der Waals surface area (Å²) in [5.74, 6) is -0.277. The van der Waals surface area contributed by atoms with Gasteiger partial charge in [0.05, 0.1) is 24.9 Å². The van der Waals surface area contributed by atoms with Crippen LogP contribution < -0.4 is 0 Å². The molecule has 1 aliphatic carbocycles. The van der Waals surface area contributed by atoms with E-state index in [1.807, 2.05) is 0 Å². The molecule has 2 saturated heterocycles. The van der Waals surface area contributed by atoms with E-state index < -0.39 is 63.5 Å². The zero-order valence-electron chi connectivity index (χ0n) is 21.0. The molecule has 5 unspecified atom stereocenters. The van der Waals surface area contributed by atoms with Gasteiger partial charge in [0, 0.05) is 32.2 Å². The summed E-state index contributed by atoms with van der Waals surface area (Å²) in [6.07, 6.45) is 1.24. The highest BCUT2D eigenvalue weighted by molar-refractivity contribution is 7.45. The standard InChI is InChI=1S/C24H45O10P/c1-3-4-5-6-11-31-14-19-16(25)13-18(23(30-2)34-19)33-24-20(15-8-7-9-15)22(27)21(26)17(32-24)10-12-35(28)29/h15-29H,3-14H2,1-2H3/t16?,17?,18-,19+,20?,21+,22?,23?,24+/m0/s1. The second-order valence-electron chi connectivity index (χ2n) is 10.1. The molecule has 5 N–H and O–H groups in total. The van der Waals surface area contributed by atoms with Crippen molar-refractivity contribution in [1.29, 1.82) is 0 Å². The highest BCUT2D eigenvalue weighted by Crippen LogP contribution is 2.44. The van der Waals surface area contributed by atoms with E-state index in [1.54, 1.807) is 0 Å². The normalized spacial score (nSPS) is 38.6. The molecule has 2 aliphatic heterocycles. The van der Waals surface area contributed by atoms with Gasteiger partial charge < -0.3 is 48.8 Å². The summed E-state index contributed by atoms with van der Waals surface area (Å²) in [6, 6.07) is 0. The maximum atomic E-state index is 10.9. The second-order valence-corrected chi connectivity index (χ2v) is 11.3. The number of aliphatic hydroxyl groups is 3. The van der Waals surface area contributed by atoms with Gasteiger partial charge in [-0.1, -0.05) is 32.6 Å². The lowest BCUT2D eigenvalue weighted by Gasteiger charge is -2.50. The molecule has 1 saturated carbocycles. The van der Waals surface area contributed by atoms with Crippen LogP contribution in [-0.4, -0.2) is 101 Å². The van der Waals surface area contributed by atoms with Gasteiger partial charge in [-0.05, 0) is 31.6 Å². The molecule has 3 rings (SSSR count). The fraction of sp³-hybridized carbons (Fsp3) is 1.00. The van der Waals surface area contributed by atoms with E-state index in [-0.39, 0.29) is 31.5 Å². The lowest BCUT2D eigenvalue weighted by molar-refractivity contribution is -0.345. The molecule has 11 heteroatoms. The van der Waals surface area contributed by atoms with Crippen LogP contribution in [0.4, 0.5) is 0 Å². The first-order valence-corrected chi connectivity index (χ1v) is 14.5. The minimum absolute atomic E-state index is 0.0661. The van der Waals surface area contributed by atoms with E-state index in [9.17, 15) is 25.1 Å². The third-order valence-corrected chi connectivity index (χ3v) is 8.20. The second kappa shape index (κ2) is 14.8.